The highest BCUT2D eigenvalue weighted by molar-refractivity contribution is 7.92. The van der Waals surface area contributed by atoms with Crippen LogP contribution in [0.25, 0.3) is 0 Å². The number of nitrogens with one attached hydrogen (secondary N) is 1. The maximum absolute atomic E-state index is 14.0. The van der Waals surface area contributed by atoms with Crippen molar-refractivity contribution < 1.29 is 41.7 Å². The minimum absolute atomic E-state index is 0.0729. The number of hydrogen-bond donors (Lipinski definition) is 1. The molecule has 0 aliphatic heterocycles. The maximum Gasteiger partial charge on any atom is 0.338 e. The van der Waals surface area contributed by atoms with E-state index in [9.17, 15) is 18.0 Å². The average molecular weight is 573 g/mol. The van der Waals surface area contributed by atoms with E-state index in [0.29, 0.717) is 22.7 Å². The molecule has 1 amide bonds. The van der Waals surface area contributed by atoms with Crippen LogP contribution in [0.4, 0.5) is 11.4 Å². The number of carbonyl (C=O) groups excluding carboxylic acids is 2. The Balaban J connectivity index is 2.08. The lowest BCUT2D eigenvalue weighted by Gasteiger charge is -2.26. The molecule has 3 aromatic carbocycles. The molecule has 214 valence electrons. The first kappa shape index (κ1) is 30.1. The van der Waals surface area contributed by atoms with Crippen molar-refractivity contribution in [3.63, 3.8) is 0 Å². The van der Waals surface area contributed by atoms with Crippen LogP contribution in [0.3, 0.4) is 0 Å². The van der Waals surface area contributed by atoms with Crippen LogP contribution in [-0.4, -0.2) is 61.9 Å². The summed E-state index contributed by atoms with van der Waals surface area (Å²) in [6.45, 7) is 2.99. The van der Waals surface area contributed by atoms with Gasteiger partial charge in [0.2, 0.25) is 5.91 Å². The molecule has 12 heteroatoms. The number of amides is 1. The lowest BCUT2D eigenvalue weighted by Crippen LogP contribution is -2.38. The van der Waals surface area contributed by atoms with Gasteiger partial charge in [-0.05, 0) is 55.8 Å². The molecule has 0 fully saturated rings. The van der Waals surface area contributed by atoms with Crippen molar-refractivity contribution in [3.05, 3.63) is 65.7 Å². The Morgan fingerprint density at radius 3 is 2.12 bits per heavy atom. The number of methoxy groups -OCH3 is 4. The van der Waals surface area contributed by atoms with Crippen LogP contribution in [0.1, 0.15) is 22.8 Å². The van der Waals surface area contributed by atoms with Crippen molar-refractivity contribution in [2.45, 2.75) is 18.7 Å². The predicted octanol–water partition coefficient (Wildman–Crippen LogP) is 4.04. The SMILES string of the molecule is CCOC(=O)c1ccc(C)c(NC(=O)CN(c2cc(OC)ccc2OC)S(=O)(=O)c2ccc(OC)c(OC)c2)c1. The van der Waals surface area contributed by atoms with Gasteiger partial charge in [0, 0.05) is 17.8 Å². The van der Waals surface area contributed by atoms with E-state index < -0.39 is 28.4 Å². The number of aryl methyl sites for hydroxylation is 1. The highest BCUT2D eigenvalue weighted by Crippen LogP contribution is 2.37. The lowest BCUT2D eigenvalue weighted by atomic mass is 10.1. The number of hydrogen-bond acceptors (Lipinski definition) is 9. The summed E-state index contributed by atoms with van der Waals surface area (Å²) in [6.07, 6.45) is 0. The summed E-state index contributed by atoms with van der Waals surface area (Å²) in [5, 5.41) is 2.71. The van der Waals surface area contributed by atoms with Crippen molar-refractivity contribution in [2.75, 3.05) is 51.2 Å². The standard InChI is InChI=1S/C28H32N2O9S/c1-7-39-28(32)19-9-8-18(2)22(14-19)29-27(31)17-30(23-15-20(35-3)10-12-24(23)36-4)40(33,34)21-11-13-25(37-5)26(16-21)38-6/h8-16H,7,17H2,1-6H3,(H,29,31). The van der Waals surface area contributed by atoms with E-state index in [1.54, 1.807) is 32.0 Å². The lowest BCUT2D eigenvalue weighted by molar-refractivity contribution is -0.114. The van der Waals surface area contributed by atoms with E-state index in [2.05, 4.69) is 5.32 Å². The van der Waals surface area contributed by atoms with Gasteiger partial charge < -0.3 is 29.0 Å². The second kappa shape index (κ2) is 13.1. The van der Waals surface area contributed by atoms with Crippen molar-refractivity contribution in [1.29, 1.82) is 0 Å². The predicted molar refractivity (Wildman–Crippen MR) is 149 cm³/mol. The third-order valence-electron chi connectivity index (χ3n) is 5.91. The Kier molecular flexibility index (Phi) is 9.83. The second-order valence-corrected chi connectivity index (χ2v) is 10.2. The number of carbonyl (C=O) groups is 2. The van der Waals surface area contributed by atoms with Crippen LogP contribution in [0, 0.1) is 6.92 Å². The quantitative estimate of drug-likeness (QED) is 0.320. The minimum atomic E-state index is -4.37. The molecule has 1 N–H and O–H groups in total. The summed E-state index contributed by atoms with van der Waals surface area (Å²) in [4.78, 5) is 25.4. The van der Waals surface area contributed by atoms with Gasteiger partial charge in [-0.1, -0.05) is 6.07 Å². The third-order valence-corrected chi connectivity index (χ3v) is 7.66. The molecule has 3 rings (SSSR count). The summed E-state index contributed by atoms with van der Waals surface area (Å²) in [7, 11) is 1.27. The van der Waals surface area contributed by atoms with E-state index in [-0.39, 0.29) is 34.3 Å². The Hall–Kier alpha value is -4.45. The van der Waals surface area contributed by atoms with Gasteiger partial charge in [-0.25, -0.2) is 13.2 Å². The van der Waals surface area contributed by atoms with E-state index in [1.807, 2.05) is 0 Å². The van der Waals surface area contributed by atoms with Crippen LogP contribution in [-0.2, 0) is 19.6 Å². The second-order valence-electron chi connectivity index (χ2n) is 8.36. The monoisotopic (exact) mass is 572 g/mol. The molecule has 3 aromatic rings. The van der Waals surface area contributed by atoms with Gasteiger partial charge in [-0.2, -0.15) is 0 Å². The van der Waals surface area contributed by atoms with E-state index in [1.165, 1.54) is 64.8 Å². The Morgan fingerprint density at radius 2 is 1.50 bits per heavy atom. The zero-order chi connectivity index (χ0) is 29.4. The van der Waals surface area contributed by atoms with E-state index >= 15 is 0 Å². The average Bonchev–Trinajstić information content (AvgIpc) is 2.96. The molecule has 0 spiro atoms. The van der Waals surface area contributed by atoms with Crippen molar-refractivity contribution in [2.24, 2.45) is 0 Å². The summed E-state index contributed by atoms with van der Waals surface area (Å²) < 4.78 is 55.3. The zero-order valence-electron chi connectivity index (χ0n) is 23.1. The fourth-order valence-corrected chi connectivity index (χ4v) is 5.25. The summed E-state index contributed by atoms with van der Waals surface area (Å²) in [6, 6.07) is 13.4. The molecular formula is C28H32N2O9S. The van der Waals surface area contributed by atoms with Crippen molar-refractivity contribution in [1.82, 2.24) is 0 Å². The number of anilines is 2. The van der Waals surface area contributed by atoms with Gasteiger partial charge in [0.05, 0.1) is 51.2 Å². The first-order valence-electron chi connectivity index (χ1n) is 12.1. The molecule has 0 radical (unpaired) electrons. The van der Waals surface area contributed by atoms with Gasteiger partial charge in [0.15, 0.2) is 11.5 Å². The fourth-order valence-electron chi connectivity index (χ4n) is 3.81. The van der Waals surface area contributed by atoms with Gasteiger partial charge in [-0.15, -0.1) is 0 Å². The largest absolute Gasteiger partial charge is 0.497 e. The van der Waals surface area contributed by atoms with Crippen LogP contribution in [0.5, 0.6) is 23.0 Å². The Morgan fingerprint density at radius 1 is 0.825 bits per heavy atom. The maximum atomic E-state index is 14.0. The number of esters is 1. The van der Waals surface area contributed by atoms with Gasteiger partial charge in [-0.3, -0.25) is 9.10 Å². The normalized spacial score (nSPS) is 10.8. The fraction of sp³-hybridized carbons (Fsp3) is 0.286. The number of sulfonamides is 1. The molecule has 0 atom stereocenters. The summed E-state index contributed by atoms with van der Waals surface area (Å²) >= 11 is 0. The Labute approximate surface area is 233 Å². The molecule has 11 nitrogen and oxygen atoms in total. The summed E-state index contributed by atoms with van der Waals surface area (Å²) in [5.41, 5.74) is 1.31. The van der Waals surface area contributed by atoms with Gasteiger partial charge in [0.1, 0.15) is 18.0 Å². The molecule has 0 aromatic heterocycles. The Bertz CT molecular complexity index is 1490. The number of nitrogens with zero attached hydrogens (tertiary/aromatic N) is 1. The van der Waals surface area contributed by atoms with Gasteiger partial charge in [0.25, 0.3) is 10.0 Å². The molecule has 0 heterocycles. The van der Waals surface area contributed by atoms with Crippen LogP contribution in [0.2, 0.25) is 0 Å². The molecule has 0 saturated heterocycles. The minimum Gasteiger partial charge on any atom is -0.497 e. The highest BCUT2D eigenvalue weighted by Gasteiger charge is 2.31. The summed E-state index contributed by atoms with van der Waals surface area (Å²) in [5.74, 6) is -0.145. The van der Waals surface area contributed by atoms with Crippen molar-refractivity contribution >= 4 is 33.3 Å². The van der Waals surface area contributed by atoms with Crippen LogP contribution in [0.15, 0.2) is 59.5 Å². The van der Waals surface area contributed by atoms with Gasteiger partial charge >= 0.3 is 5.97 Å². The number of ether oxygens (including phenoxy) is 5. The molecule has 0 aliphatic rings. The highest BCUT2D eigenvalue weighted by atomic mass is 32.2. The van der Waals surface area contributed by atoms with Crippen LogP contribution >= 0.6 is 0 Å². The first-order chi connectivity index (χ1) is 19.1. The third kappa shape index (κ3) is 6.57. The molecule has 0 saturated carbocycles. The molecule has 0 aliphatic carbocycles. The smallest absolute Gasteiger partial charge is 0.338 e. The molecular weight excluding hydrogens is 540 g/mol. The van der Waals surface area contributed by atoms with E-state index in [4.69, 9.17) is 23.7 Å². The number of rotatable bonds is 12. The number of benzene rings is 3. The molecule has 40 heavy (non-hydrogen) atoms. The van der Waals surface area contributed by atoms with Crippen molar-refractivity contribution in [3.8, 4) is 23.0 Å². The first-order valence-corrected chi connectivity index (χ1v) is 13.6. The molecule has 0 bridgehead atoms. The van der Waals surface area contributed by atoms with Crippen LogP contribution < -0.4 is 28.6 Å². The molecule has 0 unspecified atom stereocenters. The zero-order valence-corrected chi connectivity index (χ0v) is 24.0. The van der Waals surface area contributed by atoms with E-state index in [0.717, 1.165) is 4.31 Å². The topological polar surface area (TPSA) is 130 Å².